The van der Waals surface area contributed by atoms with Gasteiger partial charge in [-0.05, 0) is 37.7 Å². The Morgan fingerprint density at radius 3 is 2.56 bits per heavy atom. The van der Waals surface area contributed by atoms with Gasteiger partial charge in [0.2, 0.25) is 11.8 Å². The van der Waals surface area contributed by atoms with E-state index in [1.54, 1.807) is 11.0 Å². The van der Waals surface area contributed by atoms with Crippen molar-refractivity contribution in [2.75, 3.05) is 13.1 Å². The van der Waals surface area contributed by atoms with Crippen LogP contribution in [-0.2, 0) is 11.3 Å². The Labute approximate surface area is 185 Å². The van der Waals surface area contributed by atoms with Crippen LogP contribution < -0.4 is 10.9 Å². The number of carbonyl (C=O) groups excluding carboxylic acids is 2. The van der Waals surface area contributed by atoms with E-state index in [1.807, 2.05) is 13.8 Å². The quantitative estimate of drug-likeness (QED) is 0.565. The van der Waals surface area contributed by atoms with Gasteiger partial charge in [0.15, 0.2) is 5.56 Å². The summed E-state index contributed by atoms with van der Waals surface area (Å²) in [5.74, 6) is -1.23. The number of rotatable bonds is 6. The summed E-state index contributed by atoms with van der Waals surface area (Å²) in [5.41, 5.74) is -0.111. The van der Waals surface area contributed by atoms with Gasteiger partial charge < -0.3 is 20.4 Å². The highest BCUT2D eigenvalue weighted by Gasteiger charge is 2.30. The standard InChI is InChI=1S/C22H29N5O5/c1-13(2)12-26-20-14(3-6-17(29)25-9-7-16(28)8-10-25)11-23-27(20)22(32)18(21(26)31)19(30)24-15-4-5-15/h3,6,11,13,15-16,28,32H,4-5,7-10,12H2,1-2H3,(H,24,30). The second-order valence-electron chi connectivity index (χ2n) is 8.98. The molecule has 0 radical (unpaired) electrons. The van der Waals surface area contributed by atoms with Crippen LogP contribution in [0.1, 0.15) is 55.5 Å². The average molecular weight is 444 g/mol. The summed E-state index contributed by atoms with van der Waals surface area (Å²) in [6.45, 7) is 5.17. The molecule has 1 aliphatic carbocycles. The van der Waals surface area contributed by atoms with Gasteiger partial charge >= 0.3 is 0 Å². The van der Waals surface area contributed by atoms with E-state index in [9.17, 15) is 24.6 Å². The molecule has 2 fully saturated rings. The Kier molecular flexibility index (Phi) is 6.05. The van der Waals surface area contributed by atoms with Crippen LogP contribution in [0.5, 0.6) is 5.88 Å². The first-order valence-electron chi connectivity index (χ1n) is 11.1. The lowest BCUT2D eigenvalue weighted by molar-refractivity contribution is -0.127. The largest absolute Gasteiger partial charge is 0.492 e. The third-order valence-electron chi connectivity index (χ3n) is 5.78. The minimum absolute atomic E-state index is 0.0357. The van der Waals surface area contributed by atoms with Crippen LogP contribution in [0.25, 0.3) is 11.7 Å². The molecule has 1 saturated carbocycles. The zero-order valence-electron chi connectivity index (χ0n) is 18.3. The molecule has 172 valence electrons. The number of carbonyl (C=O) groups is 2. The molecule has 32 heavy (non-hydrogen) atoms. The summed E-state index contributed by atoms with van der Waals surface area (Å²) < 4.78 is 2.60. The van der Waals surface area contributed by atoms with E-state index in [2.05, 4.69) is 10.4 Å². The number of nitrogens with zero attached hydrogens (tertiary/aromatic N) is 4. The highest BCUT2D eigenvalue weighted by molar-refractivity contribution is 5.97. The molecule has 10 heteroatoms. The summed E-state index contributed by atoms with van der Waals surface area (Å²) in [5, 5.41) is 27.3. The number of hydrogen-bond donors (Lipinski definition) is 3. The van der Waals surface area contributed by atoms with E-state index in [0.717, 1.165) is 12.8 Å². The highest BCUT2D eigenvalue weighted by atomic mass is 16.3. The van der Waals surface area contributed by atoms with Crippen LogP contribution in [0.3, 0.4) is 0 Å². The molecule has 4 rings (SSSR count). The van der Waals surface area contributed by atoms with Gasteiger partial charge in [-0.3, -0.25) is 19.0 Å². The number of likely N-dealkylation sites (tertiary alicyclic amines) is 1. The molecule has 2 aromatic heterocycles. The van der Waals surface area contributed by atoms with E-state index in [1.165, 1.54) is 21.4 Å². The number of fused-ring (bicyclic) bond motifs is 1. The number of aromatic nitrogens is 3. The summed E-state index contributed by atoms with van der Waals surface area (Å²) in [7, 11) is 0. The van der Waals surface area contributed by atoms with Gasteiger partial charge in [0.1, 0.15) is 5.65 Å². The van der Waals surface area contributed by atoms with Crippen LogP contribution in [0.2, 0.25) is 0 Å². The Morgan fingerprint density at radius 1 is 1.25 bits per heavy atom. The predicted molar refractivity (Wildman–Crippen MR) is 117 cm³/mol. The summed E-state index contributed by atoms with van der Waals surface area (Å²) in [6.07, 6.45) is 6.86. The number of nitrogens with one attached hydrogen (secondary N) is 1. The van der Waals surface area contributed by atoms with Crippen LogP contribution in [-0.4, -0.2) is 66.3 Å². The number of aromatic hydroxyl groups is 1. The molecular formula is C22H29N5O5. The molecule has 1 saturated heterocycles. The maximum absolute atomic E-state index is 13.2. The van der Waals surface area contributed by atoms with Gasteiger partial charge in [-0.15, -0.1) is 0 Å². The molecule has 10 nitrogen and oxygen atoms in total. The fourth-order valence-electron chi connectivity index (χ4n) is 3.90. The predicted octanol–water partition coefficient (Wildman–Crippen LogP) is 0.746. The van der Waals surface area contributed by atoms with Crippen LogP contribution in [0.4, 0.5) is 0 Å². The molecule has 0 unspecified atom stereocenters. The monoisotopic (exact) mass is 443 g/mol. The SMILES string of the molecule is CC(C)Cn1c(=O)c(C(=O)NC2CC2)c(O)n2ncc(C=CC(=O)N3CCC(O)CC3)c12. The lowest BCUT2D eigenvalue weighted by Gasteiger charge is -2.28. The lowest BCUT2D eigenvalue weighted by atomic mass is 10.1. The van der Waals surface area contributed by atoms with E-state index in [4.69, 9.17) is 0 Å². The van der Waals surface area contributed by atoms with Gasteiger partial charge in [0, 0.05) is 37.3 Å². The molecule has 0 spiro atoms. The number of amides is 2. The smallest absolute Gasteiger partial charge is 0.270 e. The first kappa shape index (κ1) is 22.1. The van der Waals surface area contributed by atoms with Gasteiger partial charge in [-0.25, -0.2) is 0 Å². The number of aliphatic hydroxyl groups excluding tert-OH is 1. The molecule has 0 atom stereocenters. The van der Waals surface area contributed by atoms with Crippen molar-refractivity contribution in [3.8, 4) is 5.88 Å². The maximum atomic E-state index is 13.2. The third-order valence-corrected chi connectivity index (χ3v) is 5.78. The normalized spacial score (nSPS) is 17.6. The molecule has 0 bridgehead atoms. The minimum Gasteiger partial charge on any atom is -0.492 e. The molecule has 3 heterocycles. The second kappa shape index (κ2) is 8.78. The lowest BCUT2D eigenvalue weighted by Crippen LogP contribution is -2.39. The first-order valence-corrected chi connectivity index (χ1v) is 11.1. The fourth-order valence-corrected chi connectivity index (χ4v) is 3.90. The van der Waals surface area contributed by atoms with E-state index >= 15 is 0 Å². The van der Waals surface area contributed by atoms with Crippen molar-refractivity contribution in [1.82, 2.24) is 24.4 Å². The van der Waals surface area contributed by atoms with Crippen molar-refractivity contribution in [1.29, 1.82) is 0 Å². The van der Waals surface area contributed by atoms with Crippen molar-refractivity contribution in [2.45, 2.75) is 58.2 Å². The summed E-state index contributed by atoms with van der Waals surface area (Å²) in [4.78, 5) is 40.1. The van der Waals surface area contributed by atoms with E-state index in [-0.39, 0.29) is 29.5 Å². The number of hydrogen-bond acceptors (Lipinski definition) is 6. The van der Waals surface area contributed by atoms with Crippen molar-refractivity contribution in [2.24, 2.45) is 5.92 Å². The molecule has 2 aliphatic rings. The first-order chi connectivity index (χ1) is 15.3. The Bertz CT molecular complexity index is 1120. The van der Waals surface area contributed by atoms with Gasteiger partial charge in [-0.1, -0.05) is 13.8 Å². The van der Waals surface area contributed by atoms with Crippen molar-refractivity contribution in [3.63, 3.8) is 0 Å². The van der Waals surface area contributed by atoms with Crippen molar-refractivity contribution in [3.05, 3.63) is 33.8 Å². The van der Waals surface area contributed by atoms with Crippen molar-refractivity contribution < 1.29 is 19.8 Å². The van der Waals surface area contributed by atoms with Gasteiger partial charge in [0.05, 0.1) is 12.3 Å². The molecule has 2 aromatic rings. The van der Waals surface area contributed by atoms with Gasteiger partial charge in [0.25, 0.3) is 11.5 Å². The van der Waals surface area contributed by atoms with E-state index < -0.39 is 17.3 Å². The van der Waals surface area contributed by atoms with Crippen LogP contribution >= 0.6 is 0 Å². The third kappa shape index (κ3) is 4.40. The Hall–Kier alpha value is -3.14. The topological polar surface area (TPSA) is 129 Å². The fraction of sp³-hybridized carbons (Fsp3) is 0.545. The molecule has 3 N–H and O–H groups in total. The zero-order chi connectivity index (χ0) is 23.0. The highest BCUT2D eigenvalue weighted by Crippen LogP contribution is 2.23. The summed E-state index contributed by atoms with van der Waals surface area (Å²) >= 11 is 0. The molecule has 1 aliphatic heterocycles. The average Bonchev–Trinajstić information content (AvgIpc) is 3.45. The maximum Gasteiger partial charge on any atom is 0.270 e. The second-order valence-corrected chi connectivity index (χ2v) is 8.98. The van der Waals surface area contributed by atoms with Crippen LogP contribution in [0.15, 0.2) is 17.1 Å². The molecule has 2 amide bonds. The number of aliphatic hydroxyl groups is 1. The van der Waals surface area contributed by atoms with Gasteiger partial charge in [-0.2, -0.15) is 9.61 Å². The zero-order valence-corrected chi connectivity index (χ0v) is 18.3. The summed E-state index contributed by atoms with van der Waals surface area (Å²) in [6, 6.07) is 0.0357. The van der Waals surface area contributed by atoms with E-state index in [0.29, 0.717) is 43.7 Å². The molecule has 0 aromatic carbocycles. The molecular weight excluding hydrogens is 414 g/mol. The van der Waals surface area contributed by atoms with Crippen molar-refractivity contribution >= 4 is 23.5 Å². The van der Waals surface area contributed by atoms with Crippen LogP contribution in [0, 0.1) is 5.92 Å². The Balaban J connectivity index is 1.72. The number of piperidine rings is 1. The Morgan fingerprint density at radius 2 is 1.94 bits per heavy atom. The minimum atomic E-state index is -0.607.